The molecule has 28 heavy (non-hydrogen) atoms. The van der Waals surface area contributed by atoms with Gasteiger partial charge in [0, 0.05) is 24.1 Å². The van der Waals surface area contributed by atoms with Crippen LogP contribution in [0.2, 0.25) is 0 Å². The lowest BCUT2D eigenvalue weighted by molar-refractivity contribution is 0.346. The third kappa shape index (κ3) is 3.77. The molecule has 3 N–H and O–H groups in total. The van der Waals surface area contributed by atoms with Crippen LogP contribution in [-0.4, -0.2) is 36.4 Å². The number of nitrogens with zero attached hydrogens (tertiary/aromatic N) is 2. The lowest BCUT2D eigenvalue weighted by atomic mass is 9.78. The number of benzene rings is 2. The Labute approximate surface area is 163 Å². The van der Waals surface area contributed by atoms with E-state index in [0.717, 1.165) is 5.56 Å². The van der Waals surface area contributed by atoms with Crippen molar-refractivity contribution in [3.63, 3.8) is 0 Å². The maximum atomic E-state index is 13.0. The molecule has 6 nitrogen and oxygen atoms in total. The molecule has 0 spiro atoms. The van der Waals surface area contributed by atoms with Crippen molar-refractivity contribution in [1.82, 2.24) is 4.90 Å². The van der Waals surface area contributed by atoms with E-state index in [2.05, 4.69) is 5.10 Å². The van der Waals surface area contributed by atoms with Gasteiger partial charge in [-0.2, -0.15) is 5.10 Å². The second kappa shape index (κ2) is 8.27. The van der Waals surface area contributed by atoms with Gasteiger partial charge in [-0.1, -0.05) is 42.5 Å². The topological polar surface area (TPSA) is 92.1 Å². The zero-order valence-corrected chi connectivity index (χ0v) is 16.3. The molecule has 0 bridgehead atoms. The van der Waals surface area contributed by atoms with E-state index in [1.807, 2.05) is 56.3 Å². The average molecular weight is 379 g/mol. The number of aromatic hydroxyl groups is 1. The van der Waals surface area contributed by atoms with E-state index < -0.39 is 11.5 Å². The molecule has 0 saturated heterocycles. The Bertz CT molecular complexity index is 1040. The van der Waals surface area contributed by atoms with Crippen molar-refractivity contribution in [3.8, 4) is 5.75 Å². The van der Waals surface area contributed by atoms with Crippen LogP contribution in [-0.2, 0) is 0 Å². The van der Waals surface area contributed by atoms with Gasteiger partial charge in [0.2, 0.25) is 0 Å². The first kappa shape index (κ1) is 19.6. The van der Waals surface area contributed by atoms with Crippen molar-refractivity contribution in [2.75, 3.05) is 20.6 Å². The minimum Gasteiger partial charge on any atom is -0.507 e. The second-order valence-corrected chi connectivity index (χ2v) is 7.18. The largest absolute Gasteiger partial charge is 0.507 e. The monoisotopic (exact) mass is 379 g/mol. The summed E-state index contributed by atoms with van der Waals surface area (Å²) in [5.41, 5.74) is 1.59. The number of rotatable bonds is 6. The molecule has 0 amide bonds. The van der Waals surface area contributed by atoms with Gasteiger partial charge < -0.3 is 20.3 Å². The van der Waals surface area contributed by atoms with E-state index in [9.17, 15) is 9.90 Å². The van der Waals surface area contributed by atoms with E-state index in [1.54, 1.807) is 24.3 Å². The van der Waals surface area contributed by atoms with Gasteiger partial charge in [-0.15, -0.1) is 0 Å². The second-order valence-electron chi connectivity index (χ2n) is 7.18. The molecule has 1 aromatic heterocycles. The highest BCUT2D eigenvalue weighted by Crippen LogP contribution is 2.39. The highest BCUT2D eigenvalue weighted by atomic mass is 16.4. The molecule has 0 unspecified atom stereocenters. The van der Waals surface area contributed by atoms with Crippen molar-refractivity contribution in [3.05, 3.63) is 76.1 Å². The van der Waals surface area contributed by atoms with E-state index in [0.29, 0.717) is 23.2 Å². The van der Waals surface area contributed by atoms with Gasteiger partial charge in [-0.3, -0.25) is 0 Å². The van der Waals surface area contributed by atoms with E-state index >= 15 is 0 Å². The quantitative estimate of drug-likeness (QED) is 0.297. The van der Waals surface area contributed by atoms with Crippen LogP contribution < -0.4 is 11.5 Å². The predicted octanol–water partition coefficient (Wildman–Crippen LogP) is 3.14. The fraction of sp³-hybridized carbons (Fsp3) is 0.273. The molecule has 146 valence electrons. The molecule has 2 aromatic carbocycles. The van der Waals surface area contributed by atoms with Gasteiger partial charge in [0.05, 0.1) is 10.9 Å². The molecule has 2 atom stereocenters. The molecule has 0 aliphatic heterocycles. The zero-order valence-electron chi connectivity index (χ0n) is 16.3. The predicted molar refractivity (Wildman–Crippen MR) is 112 cm³/mol. The maximum absolute atomic E-state index is 13.0. The van der Waals surface area contributed by atoms with Crippen molar-refractivity contribution in [1.29, 1.82) is 0 Å². The number of para-hydroxylation sites is 1. The summed E-state index contributed by atoms with van der Waals surface area (Å²) in [6.45, 7) is 2.43. The van der Waals surface area contributed by atoms with Crippen molar-refractivity contribution in [2.45, 2.75) is 12.8 Å². The molecule has 0 aliphatic carbocycles. The minimum atomic E-state index is -0.557. The molecule has 3 rings (SSSR count). The smallest absolute Gasteiger partial charge is 0.343 e. The van der Waals surface area contributed by atoms with Crippen LogP contribution in [0.15, 0.2) is 68.9 Å². The summed E-state index contributed by atoms with van der Waals surface area (Å²) in [7, 11) is 3.89. The fourth-order valence-corrected chi connectivity index (χ4v) is 3.65. The molecule has 0 aliphatic rings. The van der Waals surface area contributed by atoms with Crippen LogP contribution in [0.3, 0.4) is 0 Å². The summed E-state index contributed by atoms with van der Waals surface area (Å²) in [6.07, 6.45) is 0. The third-order valence-electron chi connectivity index (χ3n) is 4.99. The number of nitrogens with two attached hydrogens (primary N) is 1. The molecule has 1 heterocycles. The molecular weight excluding hydrogens is 354 g/mol. The van der Waals surface area contributed by atoms with Crippen LogP contribution in [0.5, 0.6) is 5.75 Å². The SMILES string of the molecule is C/C(=N/N)[C@@H](CN(C)C)[C@@H](c1ccccc1)c1c(O)c2ccccc2oc1=O. The van der Waals surface area contributed by atoms with Crippen LogP contribution in [0.1, 0.15) is 24.0 Å². The lowest BCUT2D eigenvalue weighted by Gasteiger charge is -2.30. The number of fused-ring (bicyclic) bond motifs is 1. The lowest BCUT2D eigenvalue weighted by Crippen LogP contribution is -2.34. The summed E-state index contributed by atoms with van der Waals surface area (Å²) in [6, 6.07) is 16.6. The van der Waals surface area contributed by atoms with Crippen LogP contribution in [0.25, 0.3) is 11.0 Å². The molecule has 3 aromatic rings. The number of hydrogen-bond acceptors (Lipinski definition) is 6. The number of hydrogen-bond donors (Lipinski definition) is 2. The van der Waals surface area contributed by atoms with Gasteiger partial charge in [0.1, 0.15) is 11.3 Å². The summed E-state index contributed by atoms with van der Waals surface area (Å²) >= 11 is 0. The Morgan fingerprint density at radius 3 is 2.43 bits per heavy atom. The van der Waals surface area contributed by atoms with Crippen LogP contribution in [0.4, 0.5) is 0 Å². The first-order valence-electron chi connectivity index (χ1n) is 9.12. The normalized spacial score (nSPS) is 14.4. The van der Waals surface area contributed by atoms with E-state index in [4.69, 9.17) is 10.3 Å². The average Bonchev–Trinajstić information content (AvgIpc) is 2.69. The molecule has 6 heteroatoms. The summed E-state index contributed by atoms with van der Waals surface area (Å²) in [4.78, 5) is 15.0. The third-order valence-corrected chi connectivity index (χ3v) is 4.99. The summed E-state index contributed by atoms with van der Waals surface area (Å²) < 4.78 is 5.54. The molecule has 0 fully saturated rings. The van der Waals surface area contributed by atoms with Crippen molar-refractivity contribution >= 4 is 16.7 Å². The summed E-state index contributed by atoms with van der Waals surface area (Å²) in [5.74, 6) is 4.87. The maximum Gasteiger partial charge on any atom is 0.343 e. The zero-order chi connectivity index (χ0) is 20.3. The highest BCUT2D eigenvalue weighted by molar-refractivity contribution is 5.88. The van der Waals surface area contributed by atoms with Crippen molar-refractivity contribution < 1.29 is 9.52 Å². The van der Waals surface area contributed by atoms with Crippen LogP contribution in [0, 0.1) is 5.92 Å². The fourth-order valence-electron chi connectivity index (χ4n) is 3.65. The van der Waals surface area contributed by atoms with Gasteiger partial charge >= 0.3 is 5.63 Å². The first-order valence-corrected chi connectivity index (χ1v) is 9.12. The van der Waals surface area contributed by atoms with Gasteiger partial charge in [0.15, 0.2) is 0 Å². The van der Waals surface area contributed by atoms with Gasteiger partial charge in [0.25, 0.3) is 0 Å². The van der Waals surface area contributed by atoms with Crippen LogP contribution >= 0.6 is 0 Å². The molecule has 0 radical (unpaired) electrons. The van der Waals surface area contributed by atoms with E-state index in [1.165, 1.54) is 0 Å². The number of hydrazone groups is 1. The molecular formula is C22H25N3O3. The molecule has 0 saturated carbocycles. The summed E-state index contributed by atoms with van der Waals surface area (Å²) in [5, 5.41) is 15.5. The Kier molecular flexibility index (Phi) is 5.80. The van der Waals surface area contributed by atoms with E-state index in [-0.39, 0.29) is 17.2 Å². The van der Waals surface area contributed by atoms with Crippen molar-refractivity contribution in [2.24, 2.45) is 16.9 Å². The Balaban J connectivity index is 2.32. The minimum absolute atomic E-state index is 0.0609. The Hall–Kier alpha value is -3.12. The van der Waals surface area contributed by atoms with Gasteiger partial charge in [-0.05, 0) is 38.7 Å². The van der Waals surface area contributed by atoms with Gasteiger partial charge in [-0.25, -0.2) is 4.79 Å². The Morgan fingerprint density at radius 2 is 1.79 bits per heavy atom. The Morgan fingerprint density at radius 1 is 1.14 bits per heavy atom. The highest BCUT2D eigenvalue weighted by Gasteiger charge is 2.33. The standard InChI is InChI=1S/C22H25N3O3/c1-14(24-23)17(13-25(2)3)19(15-9-5-4-6-10-15)20-21(26)16-11-7-8-12-18(16)28-22(20)27/h4-12,17,19,26H,13,23H2,1-3H3/b24-14-/t17-,19-/m1/s1. The first-order chi connectivity index (χ1) is 13.4.